The van der Waals surface area contributed by atoms with Crippen LogP contribution in [0, 0.1) is 0 Å². The van der Waals surface area contributed by atoms with Gasteiger partial charge in [0.2, 0.25) is 0 Å². The molecule has 1 aliphatic rings. The van der Waals surface area contributed by atoms with E-state index in [0.29, 0.717) is 5.75 Å². The number of hydrogen-bond donors (Lipinski definition) is 1. The number of halogens is 1. The molecular formula is C22H19BrN2O3. The number of fused-ring (bicyclic) bond motifs is 1. The number of benzene rings is 3. The monoisotopic (exact) mass is 438 g/mol. The van der Waals surface area contributed by atoms with E-state index in [0.717, 1.165) is 26.4 Å². The van der Waals surface area contributed by atoms with Crippen LogP contribution in [0.4, 0.5) is 4.79 Å². The van der Waals surface area contributed by atoms with E-state index in [9.17, 15) is 9.59 Å². The summed E-state index contributed by atoms with van der Waals surface area (Å²) in [5.74, 6) is 0.346. The van der Waals surface area contributed by atoms with E-state index in [-0.39, 0.29) is 12.5 Å². The fourth-order valence-corrected chi connectivity index (χ4v) is 4.13. The van der Waals surface area contributed by atoms with Crippen LogP contribution in [0.3, 0.4) is 0 Å². The molecule has 0 bridgehead atoms. The molecule has 1 aliphatic heterocycles. The van der Waals surface area contributed by atoms with Gasteiger partial charge in [-0.25, -0.2) is 4.79 Å². The van der Waals surface area contributed by atoms with Crippen LogP contribution >= 0.6 is 15.9 Å². The quantitative estimate of drug-likeness (QED) is 0.606. The topological polar surface area (TPSA) is 58.6 Å². The van der Waals surface area contributed by atoms with Crippen molar-refractivity contribution in [2.24, 2.45) is 0 Å². The van der Waals surface area contributed by atoms with Crippen molar-refractivity contribution in [3.05, 3.63) is 76.3 Å². The van der Waals surface area contributed by atoms with Crippen LogP contribution in [0.1, 0.15) is 18.1 Å². The number of amides is 3. The molecule has 0 aromatic heterocycles. The van der Waals surface area contributed by atoms with Crippen molar-refractivity contribution in [3.8, 4) is 5.75 Å². The van der Waals surface area contributed by atoms with Gasteiger partial charge in [0.05, 0.1) is 13.7 Å². The highest BCUT2D eigenvalue weighted by molar-refractivity contribution is 9.10. The summed E-state index contributed by atoms with van der Waals surface area (Å²) in [5, 5.41) is 4.87. The number of carbonyl (C=O) groups is 2. The Kier molecular flexibility index (Phi) is 4.59. The molecule has 1 heterocycles. The fourth-order valence-electron chi connectivity index (χ4n) is 3.73. The molecule has 0 aliphatic carbocycles. The Bertz CT molecular complexity index is 1090. The molecule has 1 N–H and O–H groups in total. The molecule has 4 rings (SSSR count). The molecule has 1 fully saturated rings. The van der Waals surface area contributed by atoms with Gasteiger partial charge < -0.3 is 10.1 Å². The van der Waals surface area contributed by atoms with Crippen molar-refractivity contribution in [2.45, 2.75) is 19.0 Å². The summed E-state index contributed by atoms with van der Waals surface area (Å²) in [6, 6.07) is 18.7. The first-order valence-corrected chi connectivity index (χ1v) is 9.68. The van der Waals surface area contributed by atoms with Gasteiger partial charge in [-0.05, 0) is 41.5 Å². The van der Waals surface area contributed by atoms with Crippen molar-refractivity contribution in [1.29, 1.82) is 0 Å². The number of imide groups is 1. The second kappa shape index (κ2) is 6.95. The van der Waals surface area contributed by atoms with Crippen molar-refractivity contribution < 1.29 is 14.3 Å². The minimum absolute atomic E-state index is 0.133. The highest BCUT2D eigenvalue weighted by Gasteiger charge is 2.49. The van der Waals surface area contributed by atoms with E-state index >= 15 is 0 Å². The van der Waals surface area contributed by atoms with Gasteiger partial charge in [-0.3, -0.25) is 9.69 Å². The van der Waals surface area contributed by atoms with Crippen LogP contribution in [0.15, 0.2) is 65.1 Å². The van der Waals surface area contributed by atoms with E-state index in [2.05, 4.69) is 21.2 Å². The smallest absolute Gasteiger partial charge is 0.325 e. The summed E-state index contributed by atoms with van der Waals surface area (Å²) >= 11 is 3.43. The first kappa shape index (κ1) is 18.5. The van der Waals surface area contributed by atoms with Crippen LogP contribution in [0.25, 0.3) is 10.8 Å². The first-order chi connectivity index (χ1) is 13.4. The predicted molar refractivity (Wildman–Crippen MR) is 111 cm³/mol. The highest BCUT2D eigenvalue weighted by atomic mass is 79.9. The van der Waals surface area contributed by atoms with Crippen LogP contribution in [-0.4, -0.2) is 23.9 Å². The number of methoxy groups -OCH3 is 1. The Morgan fingerprint density at radius 1 is 1.07 bits per heavy atom. The predicted octanol–water partition coefficient (Wildman–Crippen LogP) is 4.58. The molecule has 1 atom stereocenters. The van der Waals surface area contributed by atoms with Gasteiger partial charge >= 0.3 is 6.03 Å². The lowest BCUT2D eigenvalue weighted by molar-refractivity contribution is -0.131. The normalized spacial score (nSPS) is 19.2. The molecule has 3 aromatic carbocycles. The Labute approximate surface area is 171 Å². The van der Waals surface area contributed by atoms with Crippen molar-refractivity contribution in [3.63, 3.8) is 0 Å². The van der Waals surface area contributed by atoms with Crippen LogP contribution < -0.4 is 10.1 Å². The van der Waals surface area contributed by atoms with E-state index in [1.54, 1.807) is 14.0 Å². The molecule has 5 nitrogen and oxygen atoms in total. The highest BCUT2D eigenvalue weighted by Crippen LogP contribution is 2.35. The average molecular weight is 439 g/mol. The minimum Gasteiger partial charge on any atom is -0.496 e. The summed E-state index contributed by atoms with van der Waals surface area (Å²) in [6.45, 7) is 1.89. The largest absolute Gasteiger partial charge is 0.496 e. The Hall–Kier alpha value is -2.86. The summed E-state index contributed by atoms with van der Waals surface area (Å²) in [6.07, 6.45) is 0. The standard InChI is InChI=1S/C22H19BrN2O3/c1-22(18-9-5-7-14-6-3-4-8-17(14)18)20(26)25(21(27)24-22)13-15-12-16(23)10-11-19(15)28-2/h3-12H,13H2,1-2H3,(H,24,27)/t22-/m1/s1. The molecular weight excluding hydrogens is 420 g/mol. The zero-order valence-electron chi connectivity index (χ0n) is 15.5. The number of carbonyl (C=O) groups excluding carboxylic acids is 2. The molecule has 28 heavy (non-hydrogen) atoms. The minimum atomic E-state index is -1.13. The van der Waals surface area contributed by atoms with E-state index in [1.807, 2.05) is 60.7 Å². The first-order valence-electron chi connectivity index (χ1n) is 8.89. The van der Waals surface area contributed by atoms with Gasteiger partial charge in [-0.15, -0.1) is 0 Å². The SMILES string of the molecule is COc1ccc(Br)cc1CN1C(=O)N[C@](C)(c2cccc3ccccc23)C1=O. The summed E-state index contributed by atoms with van der Waals surface area (Å²) < 4.78 is 6.24. The molecule has 3 amide bonds. The van der Waals surface area contributed by atoms with Crippen LogP contribution in [-0.2, 0) is 16.9 Å². The molecule has 0 unspecified atom stereocenters. The number of urea groups is 1. The maximum atomic E-state index is 13.4. The maximum Gasteiger partial charge on any atom is 0.325 e. The third kappa shape index (κ3) is 2.94. The van der Waals surface area contributed by atoms with E-state index < -0.39 is 11.6 Å². The summed E-state index contributed by atoms with van der Waals surface area (Å²) in [4.78, 5) is 27.3. The van der Waals surface area contributed by atoms with Gasteiger partial charge in [-0.2, -0.15) is 0 Å². The number of rotatable bonds is 4. The van der Waals surface area contributed by atoms with Crippen molar-refractivity contribution in [1.82, 2.24) is 10.2 Å². The summed E-state index contributed by atoms with van der Waals surface area (Å²) in [5.41, 5.74) is 0.409. The van der Waals surface area contributed by atoms with Crippen molar-refractivity contribution >= 4 is 38.6 Å². The third-order valence-electron chi connectivity index (χ3n) is 5.17. The Morgan fingerprint density at radius 3 is 2.61 bits per heavy atom. The number of hydrogen-bond acceptors (Lipinski definition) is 3. The fraction of sp³-hybridized carbons (Fsp3) is 0.182. The number of ether oxygens (including phenoxy) is 1. The Balaban J connectivity index is 1.74. The average Bonchev–Trinajstić information content (AvgIpc) is 2.91. The third-order valence-corrected chi connectivity index (χ3v) is 5.67. The zero-order chi connectivity index (χ0) is 19.9. The zero-order valence-corrected chi connectivity index (χ0v) is 17.1. The maximum absolute atomic E-state index is 13.4. The van der Waals surface area contributed by atoms with Crippen LogP contribution in [0.2, 0.25) is 0 Å². The van der Waals surface area contributed by atoms with E-state index in [4.69, 9.17) is 4.74 Å². The lowest BCUT2D eigenvalue weighted by Crippen LogP contribution is -2.41. The molecule has 1 saturated heterocycles. The molecule has 142 valence electrons. The van der Waals surface area contributed by atoms with Gasteiger partial charge in [0.1, 0.15) is 11.3 Å². The van der Waals surface area contributed by atoms with Gasteiger partial charge in [0, 0.05) is 10.0 Å². The Morgan fingerprint density at radius 2 is 1.82 bits per heavy atom. The summed E-state index contributed by atoms with van der Waals surface area (Å²) in [7, 11) is 1.57. The second-order valence-electron chi connectivity index (χ2n) is 6.93. The second-order valence-corrected chi connectivity index (χ2v) is 7.85. The molecule has 0 saturated carbocycles. The molecule has 3 aromatic rings. The lowest BCUT2D eigenvalue weighted by atomic mass is 9.88. The van der Waals surface area contributed by atoms with Gasteiger partial charge in [-0.1, -0.05) is 58.4 Å². The van der Waals surface area contributed by atoms with Gasteiger partial charge in [0.15, 0.2) is 0 Å². The van der Waals surface area contributed by atoms with Crippen molar-refractivity contribution in [2.75, 3.05) is 7.11 Å². The number of nitrogens with zero attached hydrogens (tertiary/aromatic N) is 1. The number of nitrogens with one attached hydrogen (secondary N) is 1. The molecule has 0 radical (unpaired) electrons. The molecule has 0 spiro atoms. The molecule has 6 heteroatoms. The van der Waals surface area contributed by atoms with Crippen LogP contribution in [0.5, 0.6) is 5.75 Å². The van der Waals surface area contributed by atoms with E-state index in [1.165, 1.54) is 4.90 Å². The van der Waals surface area contributed by atoms with Gasteiger partial charge in [0.25, 0.3) is 5.91 Å². The lowest BCUT2D eigenvalue weighted by Gasteiger charge is -2.24.